The van der Waals surface area contributed by atoms with Crippen LogP contribution in [0.2, 0.25) is 0 Å². The molecule has 0 radical (unpaired) electrons. The SMILES string of the molecule is Cl.OS1(O)N(CCOCCNC2CCC2)c2ccccc2N1c1c(F)cccc1F. The summed E-state index contributed by atoms with van der Waals surface area (Å²) in [4.78, 5) is 0. The number of rotatable bonds is 8. The highest BCUT2D eigenvalue weighted by Crippen LogP contribution is 2.64. The second kappa shape index (κ2) is 9.67. The monoisotopic (exact) mass is 461 g/mol. The summed E-state index contributed by atoms with van der Waals surface area (Å²) < 4.78 is 58.7. The van der Waals surface area contributed by atoms with Crippen molar-refractivity contribution in [2.75, 3.05) is 34.9 Å². The minimum Gasteiger partial charge on any atom is -0.378 e. The van der Waals surface area contributed by atoms with Gasteiger partial charge in [-0.2, -0.15) is 0 Å². The van der Waals surface area contributed by atoms with Crippen molar-refractivity contribution in [3.05, 3.63) is 54.1 Å². The number of benzene rings is 2. The highest BCUT2D eigenvalue weighted by Gasteiger charge is 2.43. The minimum atomic E-state index is -3.70. The largest absolute Gasteiger partial charge is 0.378 e. The summed E-state index contributed by atoms with van der Waals surface area (Å²) in [6.45, 7) is 1.68. The van der Waals surface area contributed by atoms with Crippen molar-refractivity contribution in [2.24, 2.45) is 0 Å². The second-order valence-electron chi connectivity index (χ2n) is 7.14. The molecule has 0 saturated heterocycles. The first-order valence-corrected chi connectivity index (χ1v) is 11.2. The predicted molar refractivity (Wildman–Crippen MR) is 119 cm³/mol. The van der Waals surface area contributed by atoms with Gasteiger partial charge in [0.2, 0.25) is 0 Å². The summed E-state index contributed by atoms with van der Waals surface area (Å²) in [7, 11) is -3.70. The molecule has 1 aliphatic heterocycles. The molecular weight excluding hydrogens is 436 g/mol. The Balaban J connectivity index is 0.00000256. The van der Waals surface area contributed by atoms with Gasteiger partial charge in [-0.1, -0.05) is 24.6 Å². The number of halogens is 3. The normalized spacial score (nSPS) is 18.5. The molecule has 166 valence electrons. The Morgan fingerprint density at radius 3 is 2.30 bits per heavy atom. The molecule has 0 spiro atoms. The zero-order valence-corrected chi connectivity index (χ0v) is 18.0. The molecule has 1 saturated carbocycles. The number of hydrogen-bond acceptors (Lipinski definition) is 6. The predicted octanol–water partition coefficient (Wildman–Crippen LogP) is 5.08. The molecule has 2 aromatic carbocycles. The molecule has 1 heterocycles. The molecule has 1 aliphatic carbocycles. The molecule has 2 aromatic rings. The Kier molecular flexibility index (Phi) is 7.43. The van der Waals surface area contributed by atoms with Gasteiger partial charge in [0, 0.05) is 12.6 Å². The number of hydrogen-bond donors (Lipinski definition) is 3. The van der Waals surface area contributed by atoms with Crippen LogP contribution in [0.15, 0.2) is 42.5 Å². The fraction of sp³-hybridized carbons (Fsp3) is 0.400. The first-order chi connectivity index (χ1) is 14.0. The Bertz CT molecular complexity index is 853. The maximum absolute atomic E-state index is 14.4. The van der Waals surface area contributed by atoms with Gasteiger partial charge in [0.25, 0.3) is 0 Å². The molecule has 0 aromatic heterocycles. The highest BCUT2D eigenvalue weighted by atomic mass is 35.5. The molecule has 10 heteroatoms. The van der Waals surface area contributed by atoms with Crippen LogP contribution >= 0.6 is 23.4 Å². The summed E-state index contributed by atoms with van der Waals surface area (Å²) in [5, 5.41) is 3.40. The van der Waals surface area contributed by atoms with Crippen LogP contribution in [0, 0.1) is 11.6 Å². The quantitative estimate of drug-likeness (QED) is 0.476. The fourth-order valence-corrected chi connectivity index (χ4v) is 5.35. The van der Waals surface area contributed by atoms with E-state index in [-0.39, 0.29) is 25.6 Å². The van der Waals surface area contributed by atoms with E-state index in [2.05, 4.69) is 5.32 Å². The van der Waals surface area contributed by atoms with E-state index >= 15 is 0 Å². The molecule has 0 atom stereocenters. The summed E-state index contributed by atoms with van der Waals surface area (Å²) in [5.41, 5.74) is 0.350. The zero-order valence-electron chi connectivity index (χ0n) is 16.3. The Hall–Kier alpha value is -1.62. The fourth-order valence-electron chi connectivity index (χ4n) is 3.58. The average Bonchev–Trinajstić information content (AvgIpc) is 2.87. The maximum Gasteiger partial charge on any atom is 0.151 e. The van der Waals surface area contributed by atoms with E-state index in [1.165, 1.54) is 29.6 Å². The van der Waals surface area contributed by atoms with Crippen LogP contribution in [-0.2, 0) is 4.74 Å². The van der Waals surface area contributed by atoms with Crippen molar-refractivity contribution < 1.29 is 22.6 Å². The van der Waals surface area contributed by atoms with Crippen molar-refractivity contribution in [1.29, 1.82) is 0 Å². The van der Waals surface area contributed by atoms with Gasteiger partial charge in [-0.15, -0.1) is 12.4 Å². The van der Waals surface area contributed by atoms with E-state index in [4.69, 9.17) is 4.74 Å². The Morgan fingerprint density at radius 2 is 1.67 bits per heavy atom. The van der Waals surface area contributed by atoms with Crippen molar-refractivity contribution in [1.82, 2.24) is 5.32 Å². The lowest BCUT2D eigenvalue weighted by Gasteiger charge is -2.43. The first kappa shape index (κ1) is 23.1. The molecule has 0 unspecified atom stereocenters. The lowest BCUT2D eigenvalue weighted by molar-refractivity contribution is 0.137. The second-order valence-corrected chi connectivity index (χ2v) is 8.93. The molecule has 30 heavy (non-hydrogen) atoms. The van der Waals surface area contributed by atoms with Crippen LogP contribution in [0.1, 0.15) is 19.3 Å². The van der Waals surface area contributed by atoms with Gasteiger partial charge < -0.3 is 10.1 Å². The molecule has 0 amide bonds. The number of ether oxygens (including phenoxy) is 1. The van der Waals surface area contributed by atoms with Gasteiger partial charge in [-0.25, -0.2) is 17.4 Å². The third-order valence-electron chi connectivity index (χ3n) is 5.27. The number of anilines is 3. The number of nitrogens with one attached hydrogen (secondary N) is 1. The van der Waals surface area contributed by atoms with Crippen LogP contribution in [0.5, 0.6) is 0 Å². The lowest BCUT2D eigenvalue weighted by atomic mass is 9.93. The highest BCUT2D eigenvalue weighted by molar-refractivity contribution is 8.27. The van der Waals surface area contributed by atoms with E-state index in [1.807, 2.05) is 0 Å². The third-order valence-corrected chi connectivity index (χ3v) is 7.11. The maximum atomic E-state index is 14.4. The van der Waals surface area contributed by atoms with Gasteiger partial charge in [0.15, 0.2) is 11.6 Å². The average molecular weight is 462 g/mol. The topological polar surface area (TPSA) is 68.2 Å². The van der Waals surface area contributed by atoms with E-state index in [1.54, 1.807) is 24.3 Å². The summed E-state index contributed by atoms with van der Waals surface area (Å²) >= 11 is 0. The van der Waals surface area contributed by atoms with E-state index in [0.717, 1.165) is 23.0 Å². The van der Waals surface area contributed by atoms with Crippen LogP contribution in [-0.4, -0.2) is 41.5 Å². The third kappa shape index (κ3) is 4.37. The molecule has 4 rings (SSSR count). The van der Waals surface area contributed by atoms with Gasteiger partial charge in [0.05, 0.1) is 31.1 Å². The molecule has 2 aliphatic rings. The van der Waals surface area contributed by atoms with Gasteiger partial charge in [0.1, 0.15) is 5.69 Å². The molecule has 1 fully saturated rings. The number of para-hydroxylation sites is 3. The van der Waals surface area contributed by atoms with Gasteiger partial charge >= 0.3 is 0 Å². The van der Waals surface area contributed by atoms with Crippen LogP contribution in [0.25, 0.3) is 0 Å². The van der Waals surface area contributed by atoms with Crippen molar-refractivity contribution in [2.45, 2.75) is 25.3 Å². The molecule has 0 bridgehead atoms. The van der Waals surface area contributed by atoms with Crippen molar-refractivity contribution in [3.63, 3.8) is 0 Å². The van der Waals surface area contributed by atoms with Crippen molar-refractivity contribution >= 4 is 40.4 Å². The molecule has 3 N–H and O–H groups in total. The summed E-state index contributed by atoms with van der Waals surface area (Å²) in [5.74, 6) is -1.72. The van der Waals surface area contributed by atoms with Gasteiger partial charge in [-0.3, -0.25) is 9.11 Å². The van der Waals surface area contributed by atoms with E-state index in [9.17, 15) is 17.9 Å². The van der Waals surface area contributed by atoms with E-state index < -0.39 is 28.3 Å². The standard InChI is InChI=1S/C20H25F2N3O3S.ClH/c21-16-7-4-8-17(22)20(16)25-19-10-2-1-9-18(19)24(29(25,26)27)12-14-28-13-11-23-15-5-3-6-15;/h1-2,4,7-10,15,23,26-27H,3,5-6,11-14H2;1H. The number of nitrogens with zero attached hydrogens (tertiary/aromatic N) is 2. The smallest absolute Gasteiger partial charge is 0.151 e. The summed E-state index contributed by atoms with van der Waals surface area (Å²) in [6, 6.07) is 10.7. The van der Waals surface area contributed by atoms with Crippen LogP contribution < -0.4 is 13.9 Å². The van der Waals surface area contributed by atoms with Crippen molar-refractivity contribution in [3.8, 4) is 0 Å². The first-order valence-electron chi connectivity index (χ1n) is 9.70. The Labute approximate surface area is 182 Å². The van der Waals surface area contributed by atoms with Crippen LogP contribution in [0.3, 0.4) is 0 Å². The lowest BCUT2D eigenvalue weighted by Crippen LogP contribution is -2.37. The Morgan fingerprint density at radius 1 is 1.00 bits per heavy atom. The van der Waals surface area contributed by atoms with E-state index in [0.29, 0.717) is 24.0 Å². The number of fused-ring (bicyclic) bond motifs is 1. The summed E-state index contributed by atoms with van der Waals surface area (Å²) in [6.07, 6.45) is 3.67. The van der Waals surface area contributed by atoms with Gasteiger partial charge in [-0.05, 0) is 48.1 Å². The molecular formula is C20H26ClF2N3O3S. The van der Waals surface area contributed by atoms with Crippen LogP contribution in [0.4, 0.5) is 25.8 Å². The minimum absolute atomic E-state index is 0. The molecule has 6 nitrogen and oxygen atoms in total. The zero-order chi connectivity index (χ0) is 20.4.